The molecule has 0 bridgehead atoms. The Labute approximate surface area is 409 Å². The van der Waals surface area contributed by atoms with E-state index in [1.54, 1.807) is 43.5 Å². The first-order valence-corrected chi connectivity index (χ1v) is 23.1. The molecule has 0 unspecified atom stereocenters. The summed E-state index contributed by atoms with van der Waals surface area (Å²) in [5, 5.41) is 0. The third-order valence-corrected chi connectivity index (χ3v) is 12.3. The highest BCUT2D eigenvalue weighted by Gasteiger charge is 2.38. The summed E-state index contributed by atoms with van der Waals surface area (Å²) in [6.45, 7) is 5.58. The van der Waals surface area contributed by atoms with Gasteiger partial charge in [-0.1, -0.05) is 157 Å². The number of ether oxygens (including phenoxy) is 4. The molecule has 0 aliphatic carbocycles. The molecule has 0 aromatic heterocycles. The Hall–Kier alpha value is -8.94. The highest BCUT2D eigenvalue weighted by Crippen LogP contribution is 2.46. The number of nitrogens with zero attached hydrogens (tertiary/aromatic N) is 1. The van der Waals surface area contributed by atoms with Crippen LogP contribution >= 0.6 is 0 Å². The molecule has 0 spiro atoms. The van der Waals surface area contributed by atoms with Crippen molar-refractivity contribution in [3.8, 4) is 23.0 Å². The van der Waals surface area contributed by atoms with Crippen molar-refractivity contribution < 1.29 is 28.5 Å². The van der Waals surface area contributed by atoms with E-state index in [1.807, 2.05) is 97.1 Å². The van der Waals surface area contributed by atoms with Gasteiger partial charge < -0.3 is 23.8 Å². The van der Waals surface area contributed by atoms with Gasteiger partial charge in [0.1, 0.15) is 23.0 Å². The van der Waals surface area contributed by atoms with Gasteiger partial charge in [-0.15, -0.1) is 0 Å². The average Bonchev–Trinajstić information content (AvgIpc) is 3.39. The van der Waals surface area contributed by atoms with Gasteiger partial charge in [0, 0.05) is 24.0 Å². The maximum absolute atomic E-state index is 13.4. The Morgan fingerprint density at radius 3 is 1.17 bits per heavy atom. The second-order valence-corrected chi connectivity index (χ2v) is 17.0. The Bertz CT molecular complexity index is 3120. The van der Waals surface area contributed by atoms with Gasteiger partial charge in [0.15, 0.2) is 0 Å². The number of hydrogen-bond acceptors (Lipinski definition) is 7. The van der Waals surface area contributed by atoms with Gasteiger partial charge in [-0.05, 0) is 149 Å². The summed E-state index contributed by atoms with van der Waals surface area (Å²) in [6.07, 6.45) is 1.29. The van der Waals surface area contributed by atoms with E-state index in [0.29, 0.717) is 17.2 Å². The molecule has 0 radical (unpaired) electrons. The average molecular weight is 918 g/mol. The second-order valence-electron chi connectivity index (χ2n) is 17.0. The highest BCUT2D eigenvalue weighted by molar-refractivity contribution is 5.92. The van der Waals surface area contributed by atoms with Gasteiger partial charge in [0.25, 0.3) is 0 Å². The molecule has 0 N–H and O–H groups in total. The van der Waals surface area contributed by atoms with Crippen molar-refractivity contribution in [2.75, 3.05) is 12.0 Å². The lowest BCUT2D eigenvalue weighted by Crippen LogP contribution is -2.31. The topological polar surface area (TPSA) is 74.3 Å². The molecule has 0 fully saturated rings. The summed E-state index contributed by atoms with van der Waals surface area (Å²) < 4.78 is 22.4. The number of carbonyl (C=O) groups excluding carboxylic acids is 2. The number of methoxy groups -OCH3 is 1. The predicted octanol–water partition coefficient (Wildman–Crippen LogP) is 15.3. The number of aryl methyl sites for hydroxylation is 2. The van der Waals surface area contributed by atoms with Crippen molar-refractivity contribution in [3.05, 3.63) is 281 Å². The molecule has 0 aliphatic rings. The first-order chi connectivity index (χ1) is 34.2. The Balaban J connectivity index is 0.962. The van der Waals surface area contributed by atoms with Crippen LogP contribution in [-0.2, 0) is 10.2 Å². The van der Waals surface area contributed by atoms with Gasteiger partial charge >= 0.3 is 12.1 Å². The second kappa shape index (κ2) is 20.9. The molecule has 0 amide bonds. The fourth-order valence-corrected chi connectivity index (χ4v) is 8.83. The van der Waals surface area contributed by atoms with Crippen molar-refractivity contribution in [1.29, 1.82) is 0 Å². The van der Waals surface area contributed by atoms with Crippen molar-refractivity contribution in [3.63, 3.8) is 0 Å². The van der Waals surface area contributed by atoms with Gasteiger partial charge in [0.05, 0.1) is 12.5 Å². The van der Waals surface area contributed by atoms with E-state index in [2.05, 4.69) is 122 Å². The summed E-state index contributed by atoms with van der Waals surface area (Å²) in [5.41, 5.74) is 12.7. The van der Waals surface area contributed by atoms with Gasteiger partial charge in [-0.25, -0.2) is 4.79 Å². The van der Waals surface area contributed by atoms with E-state index in [4.69, 9.17) is 18.9 Å². The molecular weight excluding hydrogens is 867 g/mol. The molecule has 0 saturated heterocycles. The van der Waals surface area contributed by atoms with Crippen molar-refractivity contribution >= 4 is 40.8 Å². The zero-order valence-corrected chi connectivity index (χ0v) is 39.4. The highest BCUT2D eigenvalue weighted by atomic mass is 16.7. The number of carbonyl (C=O) groups is 2. The molecule has 9 rings (SSSR count). The molecule has 70 heavy (non-hydrogen) atoms. The maximum Gasteiger partial charge on any atom is 0.519 e. The molecule has 0 saturated carbocycles. The molecule has 0 atom stereocenters. The van der Waals surface area contributed by atoms with E-state index < -0.39 is 11.6 Å². The van der Waals surface area contributed by atoms with Crippen LogP contribution in [0.1, 0.15) is 57.0 Å². The van der Waals surface area contributed by atoms with Crippen LogP contribution in [-0.4, -0.2) is 19.2 Å². The minimum Gasteiger partial charge on any atom is -0.497 e. The fraction of sp³-hybridized carbons (Fsp3) is 0.0794. The largest absolute Gasteiger partial charge is 0.519 e. The lowest BCUT2D eigenvalue weighted by Gasteiger charge is -2.37. The van der Waals surface area contributed by atoms with Crippen LogP contribution in [0.4, 0.5) is 21.9 Å². The van der Waals surface area contributed by atoms with Crippen molar-refractivity contribution in [1.82, 2.24) is 0 Å². The lowest BCUT2D eigenvalue weighted by molar-refractivity contribution is -0.131. The van der Waals surface area contributed by atoms with Crippen LogP contribution in [0, 0.1) is 13.8 Å². The smallest absolute Gasteiger partial charge is 0.497 e. The summed E-state index contributed by atoms with van der Waals surface area (Å²) >= 11 is 0. The molecule has 344 valence electrons. The Morgan fingerprint density at radius 1 is 0.414 bits per heavy atom. The summed E-state index contributed by atoms with van der Waals surface area (Å²) in [5.74, 6) is 1.49. The van der Waals surface area contributed by atoms with Crippen LogP contribution in [0.15, 0.2) is 231 Å². The summed E-state index contributed by atoms with van der Waals surface area (Å²) in [4.78, 5) is 27.4. The molecular formula is C63H51NO6. The molecule has 9 aromatic rings. The summed E-state index contributed by atoms with van der Waals surface area (Å²) in [6, 6.07) is 76.5. The molecule has 7 nitrogen and oxygen atoms in total. The monoisotopic (exact) mass is 917 g/mol. The number of benzene rings is 9. The van der Waals surface area contributed by atoms with E-state index in [0.717, 1.165) is 67.3 Å². The number of hydrogen-bond donors (Lipinski definition) is 0. The molecule has 7 heteroatoms. The van der Waals surface area contributed by atoms with E-state index in [9.17, 15) is 9.59 Å². The normalized spacial score (nSPS) is 11.3. The first kappa shape index (κ1) is 46.2. The van der Waals surface area contributed by atoms with E-state index in [-0.39, 0.29) is 5.97 Å². The van der Waals surface area contributed by atoms with Crippen LogP contribution in [0.2, 0.25) is 0 Å². The minimum atomic E-state index is -0.865. The van der Waals surface area contributed by atoms with Crippen molar-refractivity contribution in [2.45, 2.75) is 26.2 Å². The number of rotatable bonds is 14. The molecule has 0 heterocycles. The third-order valence-electron chi connectivity index (χ3n) is 12.3. The Morgan fingerprint density at radius 2 is 0.771 bits per heavy atom. The minimum absolute atomic E-state index is 0.321. The predicted molar refractivity (Wildman–Crippen MR) is 280 cm³/mol. The quantitative estimate of drug-likeness (QED) is 0.0354. The maximum atomic E-state index is 13.4. The number of anilines is 3. The first-order valence-electron chi connectivity index (χ1n) is 23.1. The zero-order chi connectivity index (χ0) is 48.5. The lowest BCUT2D eigenvalue weighted by atomic mass is 9.65. The van der Waals surface area contributed by atoms with Crippen molar-refractivity contribution in [2.24, 2.45) is 0 Å². The summed E-state index contributed by atoms with van der Waals surface area (Å²) in [7, 11) is 1.65. The molecule has 9 aromatic carbocycles. The standard InChI is InChI=1S/C63H51NO6/c1-44-15-29-54(30-16-44)64(55-31-17-45(2)18-32-55)56-33-19-47(20-34-56)43-61(48-21-35-57(67-4)36-22-48)49-23-37-59(38-24-49)69-62(66)70-60-41-27-53(28-42-60)63(50-11-7-5-8-12-50,51-13-9-6-10-14-51)52-25-39-58(40-26-52)68-46(3)65/h5-43H,1-4H3. The van der Waals surface area contributed by atoms with Crippen LogP contribution in [0.3, 0.4) is 0 Å². The van der Waals surface area contributed by atoms with Gasteiger partial charge in [0.2, 0.25) is 0 Å². The SMILES string of the molecule is COc1ccc(C(=Cc2ccc(N(c3ccc(C)cc3)c3ccc(C)cc3)cc2)c2ccc(OC(=O)Oc3ccc(C(c4ccccc4)(c4ccccc4)c4ccc(OC(C)=O)cc4)cc3)cc2)cc1. The van der Waals surface area contributed by atoms with Crippen LogP contribution in [0.25, 0.3) is 11.6 Å². The third kappa shape index (κ3) is 10.3. The zero-order valence-electron chi connectivity index (χ0n) is 39.4. The fourth-order valence-electron chi connectivity index (χ4n) is 8.83. The van der Waals surface area contributed by atoms with Gasteiger partial charge in [-0.2, -0.15) is 0 Å². The number of esters is 1. The van der Waals surface area contributed by atoms with E-state index in [1.165, 1.54) is 18.1 Å². The van der Waals surface area contributed by atoms with E-state index >= 15 is 0 Å². The van der Waals surface area contributed by atoms with Crippen LogP contribution < -0.4 is 23.8 Å². The molecule has 0 aliphatic heterocycles. The Kier molecular flexibility index (Phi) is 13.8. The van der Waals surface area contributed by atoms with Gasteiger partial charge in [-0.3, -0.25) is 4.79 Å². The van der Waals surface area contributed by atoms with Crippen LogP contribution in [0.5, 0.6) is 23.0 Å².